The van der Waals surface area contributed by atoms with Gasteiger partial charge in [0.2, 0.25) is 5.95 Å². The number of hydrogen-bond donors (Lipinski definition) is 2. The molecule has 0 unspecified atom stereocenters. The first-order chi connectivity index (χ1) is 13.3. The van der Waals surface area contributed by atoms with Gasteiger partial charge in [0.15, 0.2) is 17.2 Å². The number of nitrogens with zero attached hydrogens (tertiary/aromatic N) is 4. The van der Waals surface area contributed by atoms with Gasteiger partial charge in [-0.1, -0.05) is 12.1 Å². The summed E-state index contributed by atoms with van der Waals surface area (Å²) in [6.07, 6.45) is 4.05. The Hall–Kier alpha value is -2.65. The van der Waals surface area contributed by atoms with Crippen LogP contribution in [-0.2, 0) is 17.9 Å². The lowest BCUT2D eigenvalue weighted by Crippen LogP contribution is -2.57. The van der Waals surface area contributed by atoms with Gasteiger partial charge in [0.05, 0.1) is 0 Å². The molecule has 1 amide bonds. The molecule has 0 aliphatic carbocycles. The maximum atomic E-state index is 14.0. The van der Waals surface area contributed by atoms with Crippen molar-refractivity contribution < 1.29 is 18.7 Å². The predicted octanol–water partition coefficient (Wildman–Crippen LogP) is 1.32. The normalized spacial score (nSPS) is 20.0. The molecular weight excluding hydrogens is 368 g/mol. The highest BCUT2D eigenvalue weighted by Crippen LogP contribution is 2.26. The zero-order valence-electron chi connectivity index (χ0n) is 15.6. The van der Waals surface area contributed by atoms with Gasteiger partial charge in [-0.25, -0.2) is 18.7 Å². The number of nitrogens with two attached hydrogens (primary N) is 1. The molecule has 1 atom stereocenters. The Bertz CT molecular complexity index is 849. The molecule has 1 saturated heterocycles. The van der Waals surface area contributed by atoms with Gasteiger partial charge >= 0.3 is 0 Å². The number of amides is 1. The Labute approximate surface area is 161 Å². The first-order valence-electron chi connectivity index (χ1n) is 8.98. The van der Waals surface area contributed by atoms with Gasteiger partial charge in [-0.05, 0) is 26.0 Å². The lowest BCUT2D eigenvalue weighted by Gasteiger charge is -2.40. The minimum Gasteiger partial charge on any atom is -0.379 e. The molecule has 0 radical (unpaired) electrons. The third-order valence-electron chi connectivity index (χ3n) is 4.81. The van der Waals surface area contributed by atoms with Gasteiger partial charge in [0.1, 0.15) is 0 Å². The van der Waals surface area contributed by atoms with Crippen molar-refractivity contribution in [3.8, 4) is 0 Å². The molecule has 9 heteroatoms. The van der Waals surface area contributed by atoms with Crippen LogP contribution in [0.5, 0.6) is 0 Å². The molecule has 1 aliphatic rings. The van der Waals surface area contributed by atoms with Crippen molar-refractivity contribution in [1.82, 2.24) is 19.8 Å². The van der Waals surface area contributed by atoms with Crippen molar-refractivity contribution in [2.24, 2.45) is 0 Å². The number of carbonyl (C=O) groups is 1. The minimum absolute atomic E-state index is 0.0831. The summed E-state index contributed by atoms with van der Waals surface area (Å²) in [6, 6.07) is 3.87. The first-order valence-corrected chi connectivity index (χ1v) is 8.98. The average Bonchev–Trinajstić information content (AvgIpc) is 2.64. The number of aliphatic hydroxyl groups is 1. The van der Waals surface area contributed by atoms with Gasteiger partial charge < -0.3 is 15.7 Å². The van der Waals surface area contributed by atoms with Gasteiger partial charge in [0, 0.05) is 49.7 Å². The van der Waals surface area contributed by atoms with Crippen LogP contribution >= 0.6 is 0 Å². The Morgan fingerprint density at radius 1 is 1.32 bits per heavy atom. The summed E-state index contributed by atoms with van der Waals surface area (Å²) < 4.78 is 27.4. The zero-order valence-corrected chi connectivity index (χ0v) is 15.6. The number of nitrogen functional groups attached to an aromatic ring is 1. The SMILES string of the molecule is CN(Cc1cnc(N)nc1)C[C@@]1(O)CCCN(Cc2cccc(F)c2F)C1=O. The van der Waals surface area contributed by atoms with Crippen LogP contribution < -0.4 is 5.73 Å². The molecule has 7 nitrogen and oxygen atoms in total. The van der Waals surface area contributed by atoms with Crippen molar-refractivity contribution in [3.05, 3.63) is 53.4 Å². The second-order valence-corrected chi connectivity index (χ2v) is 7.20. The highest BCUT2D eigenvalue weighted by molar-refractivity contribution is 5.86. The van der Waals surface area contributed by atoms with E-state index in [1.54, 1.807) is 24.3 Å². The van der Waals surface area contributed by atoms with Gasteiger partial charge in [-0.15, -0.1) is 0 Å². The molecule has 1 aromatic heterocycles. The van der Waals surface area contributed by atoms with E-state index >= 15 is 0 Å². The second kappa shape index (κ2) is 8.15. The number of halogens is 2. The molecule has 1 aromatic carbocycles. The van der Waals surface area contributed by atoms with E-state index in [4.69, 9.17) is 5.73 Å². The predicted molar refractivity (Wildman–Crippen MR) is 98.7 cm³/mol. The lowest BCUT2D eigenvalue weighted by molar-refractivity contribution is -0.160. The number of likely N-dealkylation sites (N-methyl/N-ethyl adjacent to an activating group) is 1. The number of anilines is 1. The number of piperidine rings is 1. The van der Waals surface area contributed by atoms with Crippen LogP contribution in [0.15, 0.2) is 30.6 Å². The molecule has 1 aliphatic heterocycles. The van der Waals surface area contributed by atoms with E-state index in [1.807, 2.05) is 0 Å². The molecule has 150 valence electrons. The fourth-order valence-electron chi connectivity index (χ4n) is 3.50. The molecular formula is C19H23F2N5O2. The standard InChI is InChI=1S/C19H23F2N5O2/c1-25(10-13-8-23-18(22)24-9-13)12-19(28)6-3-7-26(17(19)27)11-14-4-2-5-15(20)16(14)21/h2,4-5,8-9,28H,3,6-7,10-12H2,1H3,(H2,22,23,24)/t19-/m0/s1. The van der Waals surface area contributed by atoms with Crippen molar-refractivity contribution in [1.29, 1.82) is 0 Å². The van der Waals surface area contributed by atoms with Gasteiger partial charge in [-0.3, -0.25) is 9.69 Å². The highest BCUT2D eigenvalue weighted by atomic mass is 19.2. The van der Waals surface area contributed by atoms with Crippen LogP contribution in [0.3, 0.4) is 0 Å². The summed E-state index contributed by atoms with van der Waals surface area (Å²) in [5, 5.41) is 11.0. The Morgan fingerprint density at radius 3 is 2.75 bits per heavy atom. The molecule has 0 spiro atoms. The average molecular weight is 391 g/mol. The van der Waals surface area contributed by atoms with E-state index in [0.717, 1.165) is 11.6 Å². The minimum atomic E-state index is -1.59. The number of rotatable bonds is 6. The first kappa shape index (κ1) is 20.1. The lowest BCUT2D eigenvalue weighted by atomic mass is 9.90. The zero-order chi connectivity index (χ0) is 20.3. The van der Waals surface area contributed by atoms with E-state index in [0.29, 0.717) is 25.9 Å². The topological polar surface area (TPSA) is 95.6 Å². The summed E-state index contributed by atoms with van der Waals surface area (Å²) in [5.41, 5.74) is 4.76. The summed E-state index contributed by atoms with van der Waals surface area (Å²) >= 11 is 0. The summed E-state index contributed by atoms with van der Waals surface area (Å²) in [5.74, 6) is -2.23. The summed E-state index contributed by atoms with van der Waals surface area (Å²) in [7, 11) is 1.77. The Balaban J connectivity index is 1.67. The number of likely N-dealkylation sites (tertiary alicyclic amines) is 1. The third kappa shape index (κ3) is 4.42. The molecule has 3 rings (SSSR count). The van der Waals surface area contributed by atoms with Crippen LogP contribution in [0.4, 0.5) is 14.7 Å². The fourth-order valence-corrected chi connectivity index (χ4v) is 3.50. The molecule has 28 heavy (non-hydrogen) atoms. The molecule has 3 N–H and O–H groups in total. The number of aromatic nitrogens is 2. The number of hydrogen-bond acceptors (Lipinski definition) is 6. The molecule has 0 saturated carbocycles. The largest absolute Gasteiger partial charge is 0.379 e. The third-order valence-corrected chi connectivity index (χ3v) is 4.81. The van der Waals surface area contributed by atoms with Crippen molar-refractivity contribution in [3.63, 3.8) is 0 Å². The van der Waals surface area contributed by atoms with Crippen LogP contribution in [0, 0.1) is 11.6 Å². The van der Waals surface area contributed by atoms with E-state index in [9.17, 15) is 18.7 Å². The Kier molecular flexibility index (Phi) is 5.85. The summed E-state index contributed by atoms with van der Waals surface area (Å²) in [6.45, 7) is 0.819. The monoisotopic (exact) mass is 391 g/mol. The fraction of sp³-hybridized carbons (Fsp3) is 0.421. The maximum Gasteiger partial charge on any atom is 0.256 e. The molecule has 1 fully saturated rings. The van der Waals surface area contributed by atoms with E-state index in [1.165, 1.54) is 17.0 Å². The quantitative estimate of drug-likeness (QED) is 0.771. The number of benzene rings is 1. The van der Waals surface area contributed by atoms with Crippen LogP contribution in [-0.4, -0.2) is 56.5 Å². The van der Waals surface area contributed by atoms with Crippen molar-refractivity contribution in [2.45, 2.75) is 31.5 Å². The van der Waals surface area contributed by atoms with Crippen molar-refractivity contribution >= 4 is 11.9 Å². The Morgan fingerprint density at radius 2 is 2.04 bits per heavy atom. The van der Waals surface area contributed by atoms with E-state index in [2.05, 4.69) is 9.97 Å². The van der Waals surface area contributed by atoms with Crippen LogP contribution in [0.25, 0.3) is 0 Å². The second-order valence-electron chi connectivity index (χ2n) is 7.20. The maximum absolute atomic E-state index is 14.0. The van der Waals surface area contributed by atoms with E-state index in [-0.39, 0.29) is 24.6 Å². The van der Waals surface area contributed by atoms with E-state index < -0.39 is 23.1 Å². The van der Waals surface area contributed by atoms with Gasteiger partial charge in [0.25, 0.3) is 5.91 Å². The van der Waals surface area contributed by atoms with Gasteiger partial charge in [-0.2, -0.15) is 0 Å². The highest BCUT2D eigenvalue weighted by Gasteiger charge is 2.43. The van der Waals surface area contributed by atoms with Crippen LogP contribution in [0.1, 0.15) is 24.0 Å². The molecule has 2 heterocycles. The van der Waals surface area contributed by atoms with Crippen LogP contribution in [0.2, 0.25) is 0 Å². The smallest absolute Gasteiger partial charge is 0.256 e. The molecule has 2 aromatic rings. The summed E-state index contributed by atoms with van der Waals surface area (Å²) in [4.78, 5) is 23.9. The van der Waals surface area contributed by atoms with Crippen molar-refractivity contribution in [2.75, 3.05) is 25.9 Å². The number of carbonyl (C=O) groups excluding carboxylic acids is 1. The molecule has 0 bridgehead atoms.